The number of carboxylic acid groups (broad SMARTS) is 1. The number of unbranched alkanes of at least 4 members (excludes halogenated alkanes) is 3. The number of methoxy groups -OCH3 is 1. The molecular weight excluding hydrogens is 232 g/mol. The van der Waals surface area contributed by atoms with Crippen molar-refractivity contribution in [1.29, 1.82) is 0 Å². The minimum atomic E-state index is -1.22. The van der Waals surface area contributed by atoms with Crippen molar-refractivity contribution in [3.8, 4) is 11.5 Å². The summed E-state index contributed by atoms with van der Waals surface area (Å²) in [4.78, 5) is 10.7. The van der Waals surface area contributed by atoms with E-state index in [-0.39, 0.29) is 5.56 Å². The Kier molecular flexibility index (Phi) is 6.05. The Morgan fingerprint density at radius 3 is 2.61 bits per heavy atom. The molecule has 1 aromatic rings. The van der Waals surface area contributed by atoms with Gasteiger partial charge in [0.15, 0.2) is 11.5 Å². The molecule has 0 radical (unpaired) electrons. The van der Waals surface area contributed by atoms with Gasteiger partial charge in [-0.1, -0.05) is 26.2 Å². The molecule has 0 aromatic heterocycles. The molecule has 0 saturated heterocycles. The van der Waals surface area contributed by atoms with Gasteiger partial charge < -0.3 is 19.4 Å². The van der Waals surface area contributed by atoms with E-state index in [1.54, 1.807) is 6.07 Å². The highest BCUT2D eigenvalue weighted by molar-refractivity contribution is 5.86. The molecule has 0 bridgehead atoms. The van der Waals surface area contributed by atoms with E-state index in [2.05, 4.69) is 6.92 Å². The zero-order valence-electron chi connectivity index (χ0n) is 10.9. The van der Waals surface area contributed by atoms with Crippen LogP contribution in [-0.4, -0.2) is 19.7 Å². The Labute approximate surface area is 108 Å². The number of ether oxygens (including phenoxy) is 2. The van der Waals surface area contributed by atoms with Gasteiger partial charge in [-0.05, 0) is 24.6 Å². The maximum atomic E-state index is 10.7. The van der Waals surface area contributed by atoms with Gasteiger partial charge in [-0.25, -0.2) is 0 Å². The zero-order chi connectivity index (χ0) is 13.4. The summed E-state index contributed by atoms with van der Waals surface area (Å²) in [5.41, 5.74) is 0.0881. The van der Waals surface area contributed by atoms with Gasteiger partial charge in [0.1, 0.15) is 0 Å². The molecule has 0 saturated carbocycles. The van der Waals surface area contributed by atoms with Crippen LogP contribution in [0.1, 0.15) is 43.0 Å². The largest absolute Gasteiger partial charge is 0.545 e. The van der Waals surface area contributed by atoms with Crippen molar-refractivity contribution < 1.29 is 19.4 Å². The van der Waals surface area contributed by atoms with Gasteiger partial charge in [-0.3, -0.25) is 0 Å². The molecule has 0 heterocycles. The van der Waals surface area contributed by atoms with Crippen molar-refractivity contribution in [3.63, 3.8) is 0 Å². The number of carboxylic acids is 1. The van der Waals surface area contributed by atoms with Crippen LogP contribution in [-0.2, 0) is 0 Å². The maximum absolute atomic E-state index is 10.7. The molecule has 0 aliphatic carbocycles. The van der Waals surface area contributed by atoms with Gasteiger partial charge in [-0.2, -0.15) is 0 Å². The second kappa shape index (κ2) is 7.58. The standard InChI is InChI=1S/C14H20O4/c1-3-4-5-6-9-18-12-8-7-11(14(15)16)10-13(12)17-2/h7-8,10H,3-6,9H2,1-2H3,(H,15,16)/p-1. The third-order valence-corrected chi connectivity index (χ3v) is 2.65. The Balaban J connectivity index is 2.57. The fourth-order valence-electron chi connectivity index (χ4n) is 1.62. The highest BCUT2D eigenvalue weighted by atomic mass is 16.5. The molecular formula is C14H19O4-. The van der Waals surface area contributed by atoms with Crippen LogP contribution < -0.4 is 14.6 Å². The van der Waals surface area contributed by atoms with Crippen LogP contribution >= 0.6 is 0 Å². The number of hydrogen-bond donors (Lipinski definition) is 0. The summed E-state index contributed by atoms with van der Waals surface area (Å²) in [5, 5.41) is 10.7. The highest BCUT2D eigenvalue weighted by Gasteiger charge is 2.06. The molecule has 18 heavy (non-hydrogen) atoms. The average molecular weight is 251 g/mol. The lowest BCUT2D eigenvalue weighted by molar-refractivity contribution is -0.255. The average Bonchev–Trinajstić information content (AvgIpc) is 2.38. The van der Waals surface area contributed by atoms with Crippen molar-refractivity contribution in [3.05, 3.63) is 23.8 Å². The van der Waals surface area contributed by atoms with Crippen LogP contribution in [0.4, 0.5) is 0 Å². The van der Waals surface area contributed by atoms with Crippen LogP contribution in [0, 0.1) is 0 Å². The lowest BCUT2D eigenvalue weighted by Crippen LogP contribution is -2.22. The SMILES string of the molecule is CCCCCCOc1ccc(C(=O)[O-])cc1OC. The Morgan fingerprint density at radius 2 is 2.00 bits per heavy atom. The third-order valence-electron chi connectivity index (χ3n) is 2.65. The van der Waals surface area contributed by atoms with Crippen LogP contribution in [0.2, 0.25) is 0 Å². The fraction of sp³-hybridized carbons (Fsp3) is 0.500. The number of carbonyl (C=O) groups excluding carboxylic acids is 1. The zero-order valence-corrected chi connectivity index (χ0v) is 10.9. The maximum Gasteiger partial charge on any atom is 0.161 e. The molecule has 0 aliphatic rings. The normalized spacial score (nSPS) is 10.1. The van der Waals surface area contributed by atoms with Crippen molar-refractivity contribution >= 4 is 5.97 Å². The first-order valence-corrected chi connectivity index (χ1v) is 6.21. The molecule has 0 N–H and O–H groups in total. The van der Waals surface area contributed by atoms with Crippen molar-refractivity contribution in [2.75, 3.05) is 13.7 Å². The summed E-state index contributed by atoms with van der Waals surface area (Å²) in [6.45, 7) is 2.77. The van der Waals surface area contributed by atoms with E-state index < -0.39 is 5.97 Å². The molecule has 0 aliphatic heterocycles. The number of rotatable bonds is 8. The molecule has 0 atom stereocenters. The van der Waals surface area contributed by atoms with Crippen LogP contribution in [0.25, 0.3) is 0 Å². The molecule has 1 aromatic carbocycles. The van der Waals surface area contributed by atoms with E-state index in [1.165, 1.54) is 32.1 Å². The summed E-state index contributed by atoms with van der Waals surface area (Å²) in [7, 11) is 1.48. The van der Waals surface area contributed by atoms with Crippen LogP contribution in [0.3, 0.4) is 0 Å². The quantitative estimate of drug-likeness (QED) is 0.663. The number of hydrogen-bond acceptors (Lipinski definition) is 4. The predicted molar refractivity (Wildman–Crippen MR) is 67.0 cm³/mol. The minimum absolute atomic E-state index is 0.0881. The summed E-state index contributed by atoms with van der Waals surface area (Å²) in [6, 6.07) is 4.47. The fourth-order valence-corrected chi connectivity index (χ4v) is 1.62. The van der Waals surface area contributed by atoms with Crippen LogP contribution in [0.15, 0.2) is 18.2 Å². The second-order valence-corrected chi connectivity index (χ2v) is 4.06. The van der Waals surface area contributed by atoms with E-state index in [9.17, 15) is 9.90 Å². The van der Waals surface area contributed by atoms with E-state index >= 15 is 0 Å². The third kappa shape index (κ3) is 4.28. The van der Waals surface area contributed by atoms with Gasteiger partial charge in [0.25, 0.3) is 0 Å². The van der Waals surface area contributed by atoms with Gasteiger partial charge in [0.2, 0.25) is 0 Å². The number of carbonyl (C=O) groups is 1. The van der Waals surface area contributed by atoms with Crippen molar-refractivity contribution in [2.24, 2.45) is 0 Å². The number of benzene rings is 1. The summed E-state index contributed by atoms with van der Waals surface area (Å²) in [5.74, 6) is -0.228. The second-order valence-electron chi connectivity index (χ2n) is 4.06. The van der Waals surface area contributed by atoms with E-state index in [0.717, 1.165) is 12.8 Å². The lowest BCUT2D eigenvalue weighted by Gasteiger charge is -2.12. The van der Waals surface area contributed by atoms with Gasteiger partial charge >= 0.3 is 0 Å². The first-order chi connectivity index (χ1) is 8.69. The summed E-state index contributed by atoms with van der Waals surface area (Å²) < 4.78 is 10.7. The van der Waals surface area contributed by atoms with Crippen molar-refractivity contribution in [1.82, 2.24) is 0 Å². The topological polar surface area (TPSA) is 58.6 Å². The monoisotopic (exact) mass is 251 g/mol. The molecule has 4 heteroatoms. The molecule has 100 valence electrons. The molecule has 0 amide bonds. The lowest BCUT2D eigenvalue weighted by atomic mass is 10.2. The predicted octanol–water partition coefficient (Wildman–Crippen LogP) is 2.02. The minimum Gasteiger partial charge on any atom is -0.545 e. The van der Waals surface area contributed by atoms with Gasteiger partial charge in [0, 0.05) is 5.56 Å². The smallest absolute Gasteiger partial charge is 0.161 e. The van der Waals surface area contributed by atoms with Crippen molar-refractivity contribution in [2.45, 2.75) is 32.6 Å². The van der Waals surface area contributed by atoms with E-state index in [4.69, 9.17) is 9.47 Å². The number of aromatic carboxylic acids is 1. The molecule has 1 rings (SSSR count). The molecule has 0 fully saturated rings. The van der Waals surface area contributed by atoms with Crippen LogP contribution in [0.5, 0.6) is 11.5 Å². The Hall–Kier alpha value is -1.71. The Bertz CT molecular complexity index is 387. The summed E-state index contributed by atoms with van der Waals surface area (Å²) in [6.07, 6.45) is 4.50. The van der Waals surface area contributed by atoms with E-state index in [1.807, 2.05) is 0 Å². The molecule has 4 nitrogen and oxygen atoms in total. The van der Waals surface area contributed by atoms with E-state index in [0.29, 0.717) is 18.1 Å². The van der Waals surface area contributed by atoms with Gasteiger partial charge in [0.05, 0.1) is 19.7 Å². The Morgan fingerprint density at radius 1 is 1.22 bits per heavy atom. The molecule has 0 unspecified atom stereocenters. The first-order valence-electron chi connectivity index (χ1n) is 6.21. The van der Waals surface area contributed by atoms with Gasteiger partial charge in [-0.15, -0.1) is 0 Å². The first kappa shape index (κ1) is 14.4. The highest BCUT2D eigenvalue weighted by Crippen LogP contribution is 2.28. The molecule has 0 spiro atoms. The summed E-state index contributed by atoms with van der Waals surface area (Å²) >= 11 is 0.